The van der Waals surface area contributed by atoms with Gasteiger partial charge in [0, 0.05) is 27.7 Å². The van der Waals surface area contributed by atoms with Crippen LogP contribution in [0.3, 0.4) is 0 Å². The number of benzene rings is 2. The molecule has 0 radical (unpaired) electrons. The number of hydrogen-bond acceptors (Lipinski definition) is 2. The van der Waals surface area contributed by atoms with E-state index in [1.165, 1.54) is 0 Å². The van der Waals surface area contributed by atoms with E-state index in [0.717, 1.165) is 27.9 Å². The van der Waals surface area contributed by atoms with E-state index in [0.29, 0.717) is 5.56 Å². The van der Waals surface area contributed by atoms with Gasteiger partial charge in [-0.25, -0.2) is 0 Å². The second kappa shape index (κ2) is 5.90. The Morgan fingerprint density at radius 3 is 2.55 bits per heavy atom. The molecule has 1 N–H and O–H groups in total. The van der Waals surface area contributed by atoms with Crippen LogP contribution in [0.4, 0.5) is 0 Å². The number of methoxy groups -OCH3 is 1. The van der Waals surface area contributed by atoms with Crippen LogP contribution in [0.2, 0.25) is 0 Å². The molecule has 1 aromatic heterocycles. The van der Waals surface area contributed by atoms with Crippen molar-refractivity contribution in [1.29, 1.82) is 0 Å². The second-order valence-electron chi connectivity index (χ2n) is 5.14. The van der Waals surface area contributed by atoms with Crippen molar-refractivity contribution in [3.63, 3.8) is 0 Å². The molecule has 0 atom stereocenters. The van der Waals surface area contributed by atoms with E-state index in [1.807, 2.05) is 31.2 Å². The van der Waals surface area contributed by atoms with Crippen LogP contribution in [0.1, 0.15) is 21.6 Å². The Bertz CT molecular complexity index is 842. The summed E-state index contributed by atoms with van der Waals surface area (Å²) in [5.74, 6) is 0.723. The van der Waals surface area contributed by atoms with Crippen LogP contribution < -0.4 is 4.74 Å². The van der Waals surface area contributed by atoms with E-state index in [4.69, 9.17) is 4.74 Å². The summed E-state index contributed by atoms with van der Waals surface area (Å²) in [4.78, 5) is 15.6. The summed E-state index contributed by atoms with van der Waals surface area (Å²) in [6.45, 7) is 2.01. The Labute approximate surface area is 129 Å². The van der Waals surface area contributed by atoms with Gasteiger partial charge in [-0.2, -0.15) is 0 Å². The second-order valence-corrected chi connectivity index (χ2v) is 5.14. The summed E-state index contributed by atoms with van der Waals surface area (Å²) in [6, 6.07) is 15.2. The van der Waals surface area contributed by atoms with Gasteiger partial charge in [-0.05, 0) is 49.4 Å². The quantitative estimate of drug-likeness (QED) is 0.572. The zero-order valence-electron chi connectivity index (χ0n) is 12.6. The average Bonchev–Trinajstić information content (AvgIpc) is 2.88. The number of aromatic amines is 1. The van der Waals surface area contributed by atoms with Crippen molar-refractivity contribution >= 4 is 22.8 Å². The number of H-pyrrole nitrogens is 1. The van der Waals surface area contributed by atoms with Crippen LogP contribution in [0.25, 0.3) is 17.0 Å². The van der Waals surface area contributed by atoms with Crippen molar-refractivity contribution in [2.75, 3.05) is 7.11 Å². The van der Waals surface area contributed by atoms with Gasteiger partial charge >= 0.3 is 0 Å². The number of ether oxygens (including phenoxy) is 1. The van der Waals surface area contributed by atoms with Gasteiger partial charge in [0.05, 0.1) is 7.11 Å². The lowest BCUT2D eigenvalue weighted by Gasteiger charge is -2.00. The van der Waals surface area contributed by atoms with Gasteiger partial charge in [0.2, 0.25) is 0 Å². The van der Waals surface area contributed by atoms with Gasteiger partial charge in [-0.15, -0.1) is 0 Å². The molecular weight excluding hydrogens is 274 g/mol. The fraction of sp³-hybridized carbons (Fsp3) is 0.105. The molecule has 0 aliphatic heterocycles. The molecule has 0 bridgehead atoms. The fourth-order valence-corrected chi connectivity index (χ4v) is 2.52. The van der Waals surface area contributed by atoms with Crippen molar-refractivity contribution in [1.82, 2.24) is 4.98 Å². The number of hydrogen-bond donors (Lipinski definition) is 1. The maximum Gasteiger partial charge on any atom is 0.185 e. The highest BCUT2D eigenvalue weighted by Crippen LogP contribution is 2.23. The predicted octanol–water partition coefficient (Wildman–Crippen LogP) is 4.38. The molecular formula is C19H17NO2. The maximum atomic E-state index is 12.2. The lowest BCUT2D eigenvalue weighted by atomic mass is 10.1. The summed E-state index contributed by atoms with van der Waals surface area (Å²) in [6.07, 6.45) is 3.49. The molecule has 1 heterocycles. The van der Waals surface area contributed by atoms with Gasteiger partial charge in [-0.1, -0.05) is 18.2 Å². The first kappa shape index (κ1) is 14.1. The summed E-state index contributed by atoms with van der Waals surface area (Å²) >= 11 is 0. The Morgan fingerprint density at radius 1 is 1.09 bits per heavy atom. The van der Waals surface area contributed by atoms with Crippen LogP contribution in [-0.4, -0.2) is 17.9 Å². The molecule has 3 aromatic rings. The minimum Gasteiger partial charge on any atom is -0.497 e. The Balaban J connectivity index is 1.88. The fourth-order valence-electron chi connectivity index (χ4n) is 2.52. The van der Waals surface area contributed by atoms with E-state index >= 15 is 0 Å². The SMILES string of the molecule is COc1ccc(C(=O)C=Cc2c(C)[nH]c3ccccc23)cc1. The minimum atomic E-state index is -0.0210. The molecule has 0 spiro atoms. The lowest BCUT2D eigenvalue weighted by Crippen LogP contribution is -1.94. The van der Waals surface area contributed by atoms with Gasteiger partial charge in [0.1, 0.15) is 5.75 Å². The summed E-state index contributed by atoms with van der Waals surface area (Å²) in [5, 5.41) is 1.12. The highest BCUT2D eigenvalue weighted by atomic mass is 16.5. The molecule has 0 saturated carbocycles. The number of allylic oxidation sites excluding steroid dienone is 1. The Morgan fingerprint density at radius 2 is 1.82 bits per heavy atom. The number of ketones is 1. The smallest absolute Gasteiger partial charge is 0.185 e. The monoisotopic (exact) mass is 291 g/mol. The predicted molar refractivity (Wildman–Crippen MR) is 89.4 cm³/mol. The number of carbonyl (C=O) groups is 1. The van der Waals surface area contributed by atoms with E-state index in [1.54, 1.807) is 37.5 Å². The third kappa shape index (κ3) is 2.66. The molecule has 3 heteroatoms. The molecule has 110 valence electrons. The van der Waals surface area contributed by atoms with E-state index in [2.05, 4.69) is 11.1 Å². The zero-order valence-corrected chi connectivity index (χ0v) is 12.6. The number of carbonyl (C=O) groups excluding carboxylic acids is 1. The largest absolute Gasteiger partial charge is 0.497 e. The molecule has 22 heavy (non-hydrogen) atoms. The first-order valence-corrected chi connectivity index (χ1v) is 7.13. The molecule has 0 aliphatic carbocycles. The molecule has 3 nitrogen and oxygen atoms in total. The van der Waals surface area contributed by atoms with Crippen LogP contribution in [-0.2, 0) is 0 Å². The average molecular weight is 291 g/mol. The van der Waals surface area contributed by atoms with Crippen LogP contribution >= 0.6 is 0 Å². The van der Waals surface area contributed by atoms with Crippen molar-refractivity contribution < 1.29 is 9.53 Å². The Kier molecular flexibility index (Phi) is 3.79. The van der Waals surface area contributed by atoms with Crippen molar-refractivity contribution in [3.05, 3.63) is 71.4 Å². The summed E-state index contributed by atoms with van der Waals surface area (Å²) < 4.78 is 5.10. The molecule has 2 aromatic carbocycles. The topological polar surface area (TPSA) is 42.1 Å². The number of fused-ring (bicyclic) bond motifs is 1. The maximum absolute atomic E-state index is 12.2. The Hall–Kier alpha value is -2.81. The van der Waals surface area contributed by atoms with E-state index < -0.39 is 0 Å². The first-order valence-electron chi connectivity index (χ1n) is 7.13. The molecule has 0 unspecified atom stereocenters. The number of aryl methyl sites for hydroxylation is 1. The summed E-state index contributed by atoms with van der Waals surface area (Å²) in [7, 11) is 1.61. The number of para-hydroxylation sites is 1. The highest BCUT2D eigenvalue weighted by Gasteiger charge is 2.06. The third-order valence-electron chi connectivity index (χ3n) is 3.72. The third-order valence-corrected chi connectivity index (χ3v) is 3.72. The normalized spacial score (nSPS) is 11.2. The van der Waals surface area contributed by atoms with Gasteiger partial charge in [0.15, 0.2) is 5.78 Å². The molecule has 0 fully saturated rings. The number of aromatic nitrogens is 1. The molecule has 0 saturated heterocycles. The van der Waals surface area contributed by atoms with Crippen LogP contribution in [0.15, 0.2) is 54.6 Å². The van der Waals surface area contributed by atoms with E-state index in [-0.39, 0.29) is 5.78 Å². The standard InChI is InChI=1S/C19H17NO2/c1-13-16(17-5-3-4-6-18(17)20-13)11-12-19(21)14-7-9-15(22-2)10-8-14/h3-12,20H,1-2H3. The summed E-state index contributed by atoms with van der Waals surface area (Å²) in [5.41, 5.74) is 3.84. The molecule has 0 amide bonds. The highest BCUT2D eigenvalue weighted by molar-refractivity contribution is 6.08. The van der Waals surface area contributed by atoms with E-state index in [9.17, 15) is 4.79 Å². The van der Waals surface area contributed by atoms with Gasteiger partial charge < -0.3 is 9.72 Å². The van der Waals surface area contributed by atoms with Gasteiger partial charge in [0.25, 0.3) is 0 Å². The first-order chi connectivity index (χ1) is 10.7. The minimum absolute atomic E-state index is 0.0210. The number of nitrogens with one attached hydrogen (secondary N) is 1. The van der Waals surface area contributed by atoms with Crippen LogP contribution in [0, 0.1) is 6.92 Å². The van der Waals surface area contributed by atoms with Crippen molar-refractivity contribution in [3.8, 4) is 5.75 Å². The number of rotatable bonds is 4. The molecule has 3 rings (SSSR count). The zero-order chi connectivity index (χ0) is 15.5. The van der Waals surface area contributed by atoms with Gasteiger partial charge in [-0.3, -0.25) is 4.79 Å². The van der Waals surface area contributed by atoms with Crippen molar-refractivity contribution in [2.45, 2.75) is 6.92 Å². The molecule has 0 aliphatic rings. The van der Waals surface area contributed by atoms with Crippen LogP contribution in [0.5, 0.6) is 5.75 Å². The van der Waals surface area contributed by atoms with Crippen molar-refractivity contribution in [2.24, 2.45) is 0 Å². The lowest BCUT2D eigenvalue weighted by molar-refractivity contribution is 0.104.